The first kappa shape index (κ1) is 29.2. The normalized spacial score (nSPS) is 15.6. The van der Waals surface area contributed by atoms with Crippen LogP contribution in [-0.4, -0.2) is 23.7 Å². The minimum Gasteiger partial charge on any atom is -0.456 e. The lowest BCUT2D eigenvalue weighted by Crippen LogP contribution is -2.45. The van der Waals surface area contributed by atoms with Crippen LogP contribution in [0.15, 0.2) is 48.5 Å². The number of benzene rings is 3. The van der Waals surface area contributed by atoms with Gasteiger partial charge >= 0.3 is 6.18 Å². The van der Waals surface area contributed by atoms with E-state index in [1.807, 2.05) is 10.9 Å². The summed E-state index contributed by atoms with van der Waals surface area (Å²) in [5.74, 6) is -10.6. The van der Waals surface area contributed by atoms with Gasteiger partial charge in [-0.05, 0) is 66.6 Å². The van der Waals surface area contributed by atoms with Crippen LogP contribution < -0.4 is 26.6 Å². The smallest absolute Gasteiger partial charge is 0.416 e. The monoisotopic (exact) mass is 583 g/mol. The highest BCUT2D eigenvalue weighted by atomic mass is 19.4. The molecule has 0 heterocycles. The lowest BCUT2D eigenvalue weighted by Gasteiger charge is -2.19. The summed E-state index contributed by atoms with van der Waals surface area (Å²) in [7, 11) is 0. The summed E-state index contributed by atoms with van der Waals surface area (Å²) in [6.07, 6.45) is -5.95. The second-order valence-electron chi connectivity index (χ2n) is 9.10. The zero-order valence-electron chi connectivity index (χ0n) is 20.9. The van der Waals surface area contributed by atoms with Crippen molar-refractivity contribution in [3.8, 4) is 11.5 Å². The Labute approximate surface area is 227 Å². The van der Waals surface area contributed by atoms with Crippen LogP contribution in [0.3, 0.4) is 0 Å². The fourth-order valence-electron chi connectivity index (χ4n) is 3.96. The number of amides is 2. The average molecular weight is 583 g/mol. The number of halogens is 7. The molecule has 0 saturated heterocycles. The van der Waals surface area contributed by atoms with Crippen LogP contribution >= 0.6 is 0 Å². The molecule has 1 fully saturated rings. The maximum atomic E-state index is 14.2. The molecule has 3 aromatic carbocycles. The molecule has 1 aliphatic rings. The van der Waals surface area contributed by atoms with Gasteiger partial charge in [-0.1, -0.05) is 0 Å². The number of nitrogens with one attached hydrogen (secondary N) is 4. The fraction of sp³-hybridized carbons (Fsp3) is 0.192. The van der Waals surface area contributed by atoms with Gasteiger partial charge in [-0.3, -0.25) is 25.8 Å². The number of carbonyl (C=O) groups is 2. The van der Waals surface area contributed by atoms with E-state index in [0.717, 1.165) is 36.4 Å². The van der Waals surface area contributed by atoms with Crippen LogP contribution in [0.2, 0.25) is 0 Å². The third-order valence-corrected chi connectivity index (χ3v) is 6.04. The van der Waals surface area contributed by atoms with Gasteiger partial charge in [0.2, 0.25) is 5.96 Å². The van der Waals surface area contributed by atoms with Crippen molar-refractivity contribution in [3.05, 3.63) is 88.0 Å². The number of ether oxygens (including phenoxy) is 1. The van der Waals surface area contributed by atoms with E-state index in [0.29, 0.717) is 12.1 Å². The Hall–Kier alpha value is -4.82. The van der Waals surface area contributed by atoms with Crippen molar-refractivity contribution >= 4 is 23.5 Å². The number of hydrazine groups is 1. The Kier molecular flexibility index (Phi) is 7.56. The summed E-state index contributed by atoms with van der Waals surface area (Å²) in [5, 5.41) is 9.32. The molecular weight excluding hydrogens is 563 g/mol. The summed E-state index contributed by atoms with van der Waals surface area (Å²) in [6.45, 7) is 1.40. The first-order chi connectivity index (χ1) is 19.1. The number of guanidine groups is 1. The topological polar surface area (TPSA) is 129 Å². The van der Waals surface area contributed by atoms with E-state index in [1.165, 1.54) is 6.92 Å². The second kappa shape index (κ2) is 10.6. The molecular formula is C26H20F7N5O3. The largest absolute Gasteiger partial charge is 0.456 e. The first-order valence-electron chi connectivity index (χ1n) is 11.6. The fourth-order valence-corrected chi connectivity index (χ4v) is 3.96. The van der Waals surface area contributed by atoms with Gasteiger partial charge in [0.05, 0.1) is 22.6 Å². The van der Waals surface area contributed by atoms with E-state index >= 15 is 0 Å². The number of nitrogens with two attached hydrogens (primary N) is 1. The quantitative estimate of drug-likeness (QED) is 0.112. The van der Waals surface area contributed by atoms with Crippen LogP contribution in [0.4, 0.5) is 36.4 Å². The molecule has 4 rings (SSSR count). The van der Waals surface area contributed by atoms with E-state index in [2.05, 4.69) is 5.32 Å². The molecule has 0 aliphatic heterocycles. The lowest BCUT2D eigenvalue weighted by molar-refractivity contribution is -0.138. The number of anilines is 1. The molecule has 3 aromatic rings. The van der Waals surface area contributed by atoms with Crippen molar-refractivity contribution in [2.24, 2.45) is 5.73 Å². The van der Waals surface area contributed by atoms with Crippen molar-refractivity contribution in [2.75, 3.05) is 5.32 Å². The molecule has 1 saturated carbocycles. The van der Waals surface area contributed by atoms with Gasteiger partial charge in [-0.25, -0.2) is 17.6 Å². The van der Waals surface area contributed by atoms with Gasteiger partial charge in [-0.15, -0.1) is 0 Å². The number of hydrogen-bond acceptors (Lipinski definition) is 4. The summed E-state index contributed by atoms with van der Waals surface area (Å²) >= 11 is 0. The summed E-state index contributed by atoms with van der Waals surface area (Å²) in [6, 6.07) is 6.90. The van der Waals surface area contributed by atoms with Gasteiger partial charge in [-0.2, -0.15) is 13.2 Å². The highest BCUT2D eigenvalue weighted by molar-refractivity contribution is 6.07. The SMILES string of the molecule is Cc1cc(F)ccc1Oc1cc(C(F)(F)F)c(C2CC2(F)F)cc1C(=O)Nc1ccc(F)c(C(=O)NNC(=N)N)c1. The number of alkyl halides is 5. The average Bonchev–Trinajstić information content (AvgIpc) is 3.52. The predicted octanol–water partition coefficient (Wildman–Crippen LogP) is 5.59. The highest BCUT2D eigenvalue weighted by Gasteiger charge is 2.59. The predicted molar refractivity (Wildman–Crippen MR) is 132 cm³/mol. The van der Waals surface area contributed by atoms with Crippen LogP contribution in [0.5, 0.6) is 11.5 Å². The van der Waals surface area contributed by atoms with Crippen LogP contribution in [0, 0.1) is 24.0 Å². The zero-order chi connectivity index (χ0) is 30.3. The Morgan fingerprint density at radius 2 is 1.66 bits per heavy atom. The van der Waals surface area contributed by atoms with E-state index in [4.69, 9.17) is 15.9 Å². The van der Waals surface area contributed by atoms with Gasteiger partial charge in [0.15, 0.2) is 0 Å². The molecule has 1 atom stereocenters. The lowest BCUT2D eigenvalue weighted by atomic mass is 9.97. The molecule has 8 nitrogen and oxygen atoms in total. The van der Waals surface area contributed by atoms with Crippen molar-refractivity contribution in [1.29, 1.82) is 5.41 Å². The van der Waals surface area contributed by atoms with Crippen molar-refractivity contribution in [3.63, 3.8) is 0 Å². The van der Waals surface area contributed by atoms with Crippen molar-refractivity contribution in [2.45, 2.75) is 31.4 Å². The minimum absolute atomic E-state index is 0.114. The first-order valence-corrected chi connectivity index (χ1v) is 11.6. The molecule has 15 heteroatoms. The van der Waals surface area contributed by atoms with Gasteiger partial charge in [0.1, 0.15) is 23.1 Å². The van der Waals surface area contributed by atoms with E-state index in [9.17, 15) is 40.3 Å². The third-order valence-electron chi connectivity index (χ3n) is 6.04. The summed E-state index contributed by atoms with van der Waals surface area (Å²) in [5.41, 5.74) is 5.44. The van der Waals surface area contributed by atoms with Gasteiger partial charge in [0.25, 0.3) is 17.7 Å². The molecule has 216 valence electrons. The molecule has 2 amide bonds. The number of carbonyl (C=O) groups excluding carboxylic acids is 2. The number of aryl methyl sites for hydroxylation is 1. The molecule has 6 N–H and O–H groups in total. The Morgan fingerprint density at radius 3 is 2.24 bits per heavy atom. The Morgan fingerprint density at radius 1 is 0.976 bits per heavy atom. The molecule has 0 radical (unpaired) electrons. The minimum atomic E-state index is -5.09. The van der Waals surface area contributed by atoms with E-state index in [1.54, 1.807) is 0 Å². The Balaban J connectivity index is 1.77. The molecule has 41 heavy (non-hydrogen) atoms. The van der Waals surface area contributed by atoms with E-state index in [-0.39, 0.29) is 17.0 Å². The maximum absolute atomic E-state index is 14.2. The summed E-state index contributed by atoms with van der Waals surface area (Å²) < 4.78 is 103. The number of hydrogen-bond donors (Lipinski definition) is 5. The van der Waals surface area contributed by atoms with E-state index < -0.39 is 81.8 Å². The van der Waals surface area contributed by atoms with Crippen molar-refractivity contribution in [1.82, 2.24) is 10.9 Å². The Bertz CT molecular complexity index is 1560. The van der Waals surface area contributed by atoms with Crippen LogP contribution in [0.1, 0.15) is 49.7 Å². The molecule has 0 spiro atoms. The van der Waals surface area contributed by atoms with Crippen LogP contribution in [0.25, 0.3) is 0 Å². The zero-order valence-corrected chi connectivity index (χ0v) is 20.9. The van der Waals surface area contributed by atoms with Gasteiger partial charge in [0, 0.05) is 12.1 Å². The van der Waals surface area contributed by atoms with Gasteiger partial charge < -0.3 is 15.8 Å². The maximum Gasteiger partial charge on any atom is 0.416 e. The molecule has 0 bridgehead atoms. The molecule has 0 aromatic heterocycles. The third kappa shape index (κ3) is 6.50. The second-order valence-corrected chi connectivity index (χ2v) is 9.10. The molecule has 1 aliphatic carbocycles. The standard InChI is InChI=1S/C26H20F7N5O3/c1-11-6-12(27)2-5-20(11)41-21-9-17(26(31,32)33)14(18-10-25(18,29)30)8-16(21)22(39)36-13-3-4-19(28)15(7-13)23(40)37-38-24(34)35/h2-9,18H,10H2,1H3,(H,36,39)(H,37,40)(H4,34,35,38). The number of rotatable bonds is 6. The van der Waals surface area contributed by atoms with Crippen LogP contribution in [-0.2, 0) is 6.18 Å². The highest BCUT2D eigenvalue weighted by Crippen LogP contribution is 2.58. The summed E-state index contributed by atoms with van der Waals surface area (Å²) in [4.78, 5) is 25.5. The van der Waals surface area contributed by atoms with Crippen molar-refractivity contribution < 1.29 is 45.1 Å². The molecule has 1 unspecified atom stereocenters.